The van der Waals surface area contributed by atoms with Crippen LogP contribution in [0.1, 0.15) is 45.4 Å². The molecule has 3 N–H and O–H groups in total. The molecule has 1 unspecified atom stereocenters. The molecule has 0 saturated heterocycles. The van der Waals surface area contributed by atoms with Gasteiger partial charge in [-0.25, -0.2) is 0 Å². The third kappa shape index (κ3) is 4.81. The minimum Gasteiger partial charge on any atom is -0.368 e. The Morgan fingerprint density at radius 2 is 1.57 bits per heavy atom. The highest BCUT2D eigenvalue weighted by Crippen LogP contribution is 2.30. The first-order valence-electron chi connectivity index (χ1n) is 4.89. The van der Waals surface area contributed by atoms with E-state index in [-0.39, 0.29) is 0 Å². The van der Waals surface area contributed by atoms with Gasteiger partial charge in [-0.1, -0.05) is 32.6 Å². The summed E-state index contributed by atoms with van der Waals surface area (Å²) in [6, 6.07) is 0. The van der Waals surface area contributed by atoms with Crippen LogP contribution in [0.4, 0.5) is 13.2 Å². The largest absolute Gasteiger partial charge is 0.430 e. The van der Waals surface area contributed by atoms with E-state index in [0.717, 1.165) is 19.3 Å². The lowest BCUT2D eigenvalue weighted by Gasteiger charge is -2.25. The Kier molecular flexibility index (Phi) is 5.44. The topological polar surface area (TPSA) is 46.2 Å². The summed E-state index contributed by atoms with van der Waals surface area (Å²) >= 11 is 0. The first-order valence-corrected chi connectivity index (χ1v) is 4.89. The van der Waals surface area contributed by atoms with E-state index in [9.17, 15) is 13.2 Å². The second-order valence-electron chi connectivity index (χ2n) is 3.59. The Hall–Kier alpha value is -0.290. The van der Waals surface area contributed by atoms with E-state index in [1.807, 2.05) is 6.92 Å². The molecule has 0 aromatic carbocycles. The van der Waals surface area contributed by atoms with Crippen molar-refractivity contribution in [3.05, 3.63) is 0 Å². The maximum absolute atomic E-state index is 12.0. The highest BCUT2D eigenvalue weighted by molar-refractivity contribution is 4.79. The fraction of sp³-hybridized carbons (Fsp3) is 1.00. The Balaban J connectivity index is 3.67. The van der Waals surface area contributed by atoms with E-state index in [4.69, 9.17) is 10.8 Å². The van der Waals surface area contributed by atoms with Gasteiger partial charge in [0, 0.05) is 0 Å². The Labute approximate surface area is 82.3 Å². The van der Waals surface area contributed by atoms with Crippen molar-refractivity contribution >= 4 is 0 Å². The molecule has 2 nitrogen and oxygen atoms in total. The number of hydrogen-bond donors (Lipinski definition) is 2. The van der Waals surface area contributed by atoms with Gasteiger partial charge in [0.15, 0.2) is 0 Å². The van der Waals surface area contributed by atoms with Crippen LogP contribution in [0.15, 0.2) is 0 Å². The summed E-state index contributed by atoms with van der Waals surface area (Å²) < 4.78 is 36.1. The van der Waals surface area contributed by atoms with Crippen LogP contribution in [0.3, 0.4) is 0 Å². The van der Waals surface area contributed by atoms with E-state index in [1.54, 1.807) is 0 Å². The van der Waals surface area contributed by atoms with Gasteiger partial charge in [0.05, 0.1) is 0 Å². The van der Waals surface area contributed by atoms with Gasteiger partial charge < -0.3 is 5.11 Å². The van der Waals surface area contributed by atoms with E-state index in [1.165, 1.54) is 0 Å². The van der Waals surface area contributed by atoms with Crippen molar-refractivity contribution in [3.8, 4) is 0 Å². The number of hydrogen-bond acceptors (Lipinski definition) is 2. The number of alkyl halides is 3. The summed E-state index contributed by atoms with van der Waals surface area (Å²) in [6.07, 6.45) is -1.21. The summed E-state index contributed by atoms with van der Waals surface area (Å²) in [7, 11) is 0. The number of nitrogens with two attached hydrogens (primary N) is 1. The third-order valence-electron chi connectivity index (χ3n) is 2.15. The minimum atomic E-state index is -4.72. The lowest BCUT2D eigenvalue weighted by Crippen LogP contribution is -2.53. The van der Waals surface area contributed by atoms with Crippen molar-refractivity contribution in [1.82, 2.24) is 0 Å². The molecule has 1 atom stereocenters. The van der Waals surface area contributed by atoms with Crippen molar-refractivity contribution in [1.29, 1.82) is 0 Å². The average Bonchev–Trinajstić information content (AvgIpc) is 2.02. The van der Waals surface area contributed by atoms with Crippen LogP contribution >= 0.6 is 0 Å². The lowest BCUT2D eigenvalue weighted by molar-refractivity contribution is -0.260. The molecule has 0 aromatic rings. The maximum atomic E-state index is 12.0. The van der Waals surface area contributed by atoms with E-state index >= 15 is 0 Å². The standard InChI is InChI=1S/C9H18F3NO/c1-2-3-4-5-6-7-8(13,14)9(10,11)12/h14H,2-7,13H2,1H3. The van der Waals surface area contributed by atoms with Crippen molar-refractivity contribution in [2.24, 2.45) is 5.73 Å². The fourth-order valence-corrected chi connectivity index (χ4v) is 1.14. The molecule has 0 fully saturated rings. The van der Waals surface area contributed by atoms with Crippen LogP contribution < -0.4 is 5.73 Å². The SMILES string of the molecule is CCCCCCCC(N)(O)C(F)(F)F. The molecular formula is C9H18F3NO. The molecule has 0 bridgehead atoms. The van der Waals surface area contributed by atoms with Gasteiger partial charge in [-0.05, 0) is 12.8 Å². The van der Waals surface area contributed by atoms with Gasteiger partial charge in [-0.15, -0.1) is 0 Å². The van der Waals surface area contributed by atoms with Gasteiger partial charge in [0.1, 0.15) is 0 Å². The predicted molar refractivity (Wildman–Crippen MR) is 48.6 cm³/mol. The second kappa shape index (κ2) is 5.56. The third-order valence-corrected chi connectivity index (χ3v) is 2.15. The summed E-state index contributed by atoms with van der Waals surface area (Å²) in [5.41, 5.74) is 1.72. The number of aliphatic hydroxyl groups is 1. The van der Waals surface area contributed by atoms with Crippen LogP contribution in [-0.4, -0.2) is 17.0 Å². The summed E-state index contributed by atoms with van der Waals surface area (Å²) in [5.74, 6) is 0. The average molecular weight is 213 g/mol. The van der Waals surface area contributed by atoms with Gasteiger partial charge in [0.25, 0.3) is 0 Å². The van der Waals surface area contributed by atoms with E-state index in [2.05, 4.69) is 0 Å². The van der Waals surface area contributed by atoms with Crippen molar-refractivity contribution in [3.63, 3.8) is 0 Å². The normalized spacial score (nSPS) is 16.7. The molecule has 0 spiro atoms. The summed E-state index contributed by atoms with van der Waals surface area (Å²) in [4.78, 5) is 0. The van der Waals surface area contributed by atoms with Crippen LogP contribution in [0.5, 0.6) is 0 Å². The van der Waals surface area contributed by atoms with Gasteiger partial charge in [-0.3, -0.25) is 5.73 Å². The molecule has 86 valence electrons. The molecule has 0 rings (SSSR count). The molecule has 0 aliphatic carbocycles. The van der Waals surface area contributed by atoms with Crippen molar-refractivity contribution in [2.75, 3.05) is 0 Å². The first-order chi connectivity index (χ1) is 6.31. The molecule has 0 aliphatic heterocycles. The lowest BCUT2D eigenvalue weighted by atomic mass is 10.0. The maximum Gasteiger partial charge on any atom is 0.430 e. The minimum absolute atomic E-state index is 0.312. The van der Waals surface area contributed by atoms with Crippen LogP contribution in [-0.2, 0) is 0 Å². The van der Waals surface area contributed by atoms with Crippen molar-refractivity contribution < 1.29 is 18.3 Å². The quantitative estimate of drug-likeness (QED) is 0.526. The molecular weight excluding hydrogens is 195 g/mol. The number of rotatable bonds is 6. The zero-order chi connectivity index (χ0) is 11.2. The Morgan fingerprint density at radius 3 is 2.00 bits per heavy atom. The molecule has 0 aliphatic rings. The summed E-state index contributed by atoms with van der Waals surface area (Å²) in [5, 5.41) is 8.86. The molecule has 14 heavy (non-hydrogen) atoms. The van der Waals surface area contributed by atoms with E-state index in [0.29, 0.717) is 12.8 Å². The highest BCUT2D eigenvalue weighted by Gasteiger charge is 2.50. The fourth-order valence-electron chi connectivity index (χ4n) is 1.14. The van der Waals surface area contributed by atoms with Crippen LogP contribution in [0.2, 0.25) is 0 Å². The molecule has 0 heterocycles. The first kappa shape index (κ1) is 13.7. The second-order valence-corrected chi connectivity index (χ2v) is 3.59. The Morgan fingerprint density at radius 1 is 1.07 bits per heavy atom. The number of halogens is 3. The Bertz CT molecular complexity index is 157. The number of unbranched alkanes of at least 4 members (excludes halogenated alkanes) is 4. The predicted octanol–water partition coefficient (Wildman–Crippen LogP) is 2.56. The zero-order valence-electron chi connectivity index (χ0n) is 8.40. The molecule has 0 saturated carbocycles. The van der Waals surface area contributed by atoms with Gasteiger partial charge in [0.2, 0.25) is 5.72 Å². The van der Waals surface area contributed by atoms with Crippen molar-refractivity contribution in [2.45, 2.75) is 57.3 Å². The molecule has 0 radical (unpaired) electrons. The molecule has 0 aromatic heterocycles. The molecule has 5 heteroatoms. The van der Waals surface area contributed by atoms with Gasteiger partial charge in [-0.2, -0.15) is 13.2 Å². The molecule has 0 amide bonds. The zero-order valence-corrected chi connectivity index (χ0v) is 8.40. The van der Waals surface area contributed by atoms with Crippen LogP contribution in [0.25, 0.3) is 0 Å². The van der Waals surface area contributed by atoms with Crippen LogP contribution in [0, 0.1) is 0 Å². The smallest absolute Gasteiger partial charge is 0.368 e. The monoisotopic (exact) mass is 213 g/mol. The highest BCUT2D eigenvalue weighted by atomic mass is 19.4. The van der Waals surface area contributed by atoms with E-state index < -0.39 is 18.3 Å². The van der Waals surface area contributed by atoms with Gasteiger partial charge >= 0.3 is 6.18 Å². The summed E-state index contributed by atoms with van der Waals surface area (Å²) in [6.45, 7) is 2.02.